The van der Waals surface area contributed by atoms with Crippen LogP contribution < -0.4 is 5.32 Å². The van der Waals surface area contributed by atoms with E-state index < -0.39 is 17.4 Å². The molecule has 1 aliphatic rings. The molecular weight excluding hydrogens is 286 g/mol. The number of hydrogen-bond donors (Lipinski definition) is 2. The number of amides is 3. The average molecular weight is 313 g/mol. The Labute approximate surface area is 131 Å². The Hall–Kier alpha value is -1.79. The molecule has 1 rings (SSSR count). The highest BCUT2D eigenvalue weighted by Crippen LogP contribution is 2.22. The van der Waals surface area contributed by atoms with Gasteiger partial charge in [0, 0.05) is 27.2 Å². The quantitative estimate of drug-likeness (QED) is 0.813. The third-order valence-electron chi connectivity index (χ3n) is 3.84. The predicted octanol–water partition coefficient (Wildman–Crippen LogP) is 0.996. The lowest BCUT2D eigenvalue weighted by Gasteiger charge is -2.35. The summed E-state index contributed by atoms with van der Waals surface area (Å²) in [5.74, 6) is -1.70. The third kappa shape index (κ3) is 4.61. The highest BCUT2D eigenvalue weighted by atomic mass is 16.4. The zero-order valence-corrected chi connectivity index (χ0v) is 14.0. The number of carboxylic acids is 1. The largest absolute Gasteiger partial charge is 0.480 e. The standard InChI is InChI=1S/C15H27N3O4/c1-15(2,3)11(13(20)21)16-12(19)10-7-6-8-18(9-10)14(22)17(4)5/h10-11H,6-9H2,1-5H3,(H,16,19)(H,20,21)/t10-,11-/m0/s1. The molecule has 3 amide bonds. The second-order valence-corrected chi connectivity index (χ2v) is 7.11. The van der Waals surface area contributed by atoms with Gasteiger partial charge in [-0.1, -0.05) is 20.8 Å². The van der Waals surface area contributed by atoms with Crippen LogP contribution >= 0.6 is 0 Å². The third-order valence-corrected chi connectivity index (χ3v) is 3.84. The Morgan fingerprint density at radius 3 is 2.32 bits per heavy atom. The predicted molar refractivity (Wildman–Crippen MR) is 82.4 cm³/mol. The van der Waals surface area contributed by atoms with Crippen molar-refractivity contribution in [1.82, 2.24) is 15.1 Å². The van der Waals surface area contributed by atoms with E-state index in [-0.39, 0.29) is 17.9 Å². The minimum absolute atomic E-state index is 0.122. The van der Waals surface area contributed by atoms with Gasteiger partial charge in [-0.25, -0.2) is 9.59 Å². The number of piperidine rings is 1. The Morgan fingerprint density at radius 2 is 1.86 bits per heavy atom. The van der Waals surface area contributed by atoms with Gasteiger partial charge in [-0.2, -0.15) is 0 Å². The number of likely N-dealkylation sites (tertiary alicyclic amines) is 1. The molecular formula is C15H27N3O4. The molecule has 1 heterocycles. The maximum Gasteiger partial charge on any atom is 0.326 e. The number of hydrogen-bond acceptors (Lipinski definition) is 3. The number of nitrogens with zero attached hydrogens (tertiary/aromatic N) is 2. The number of aliphatic carboxylic acids is 1. The van der Waals surface area contributed by atoms with Gasteiger partial charge in [0.25, 0.3) is 0 Å². The number of carbonyl (C=O) groups excluding carboxylic acids is 2. The van der Waals surface area contributed by atoms with Crippen molar-refractivity contribution >= 4 is 17.9 Å². The fraction of sp³-hybridized carbons (Fsp3) is 0.800. The molecule has 7 heteroatoms. The average Bonchev–Trinajstić information content (AvgIpc) is 2.42. The van der Waals surface area contributed by atoms with Crippen LogP contribution in [0, 0.1) is 11.3 Å². The molecule has 1 saturated heterocycles. The van der Waals surface area contributed by atoms with Crippen molar-refractivity contribution in [2.45, 2.75) is 39.7 Å². The molecule has 2 N–H and O–H groups in total. The first-order chi connectivity index (χ1) is 10.0. The van der Waals surface area contributed by atoms with Crippen LogP contribution in [0.4, 0.5) is 4.79 Å². The molecule has 0 saturated carbocycles. The summed E-state index contributed by atoms with van der Waals surface area (Å²) in [6, 6.07) is -1.07. The molecule has 7 nitrogen and oxygen atoms in total. The Bertz CT molecular complexity index is 443. The van der Waals surface area contributed by atoms with Gasteiger partial charge >= 0.3 is 12.0 Å². The van der Waals surface area contributed by atoms with Crippen LogP contribution in [0.3, 0.4) is 0 Å². The molecule has 0 aromatic heterocycles. The van der Waals surface area contributed by atoms with E-state index in [1.54, 1.807) is 39.8 Å². The van der Waals surface area contributed by atoms with Gasteiger partial charge in [-0.15, -0.1) is 0 Å². The molecule has 0 unspecified atom stereocenters. The van der Waals surface area contributed by atoms with E-state index in [9.17, 15) is 19.5 Å². The summed E-state index contributed by atoms with van der Waals surface area (Å²) in [7, 11) is 3.35. The van der Waals surface area contributed by atoms with E-state index in [1.807, 2.05) is 0 Å². The number of carbonyl (C=O) groups is 3. The number of urea groups is 1. The van der Waals surface area contributed by atoms with Gasteiger partial charge in [-0.3, -0.25) is 4.79 Å². The highest BCUT2D eigenvalue weighted by molar-refractivity contribution is 5.86. The van der Waals surface area contributed by atoms with E-state index in [1.165, 1.54) is 4.90 Å². The summed E-state index contributed by atoms with van der Waals surface area (Å²) in [5, 5.41) is 11.9. The molecule has 0 aliphatic carbocycles. The van der Waals surface area contributed by atoms with Crippen molar-refractivity contribution in [3.63, 3.8) is 0 Å². The smallest absolute Gasteiger partial charge is 0.326 e. The molecule has 1 aliphatic heterocycles. The van der Waals surface area contributed by atoms with Crippen LogP contribution in [0.1, 0.15) is 33.6 Å². The Kier molecular flexibility index (Phi) is 5.79. The zero-order chi connectivity index (χ0) is 17.1. The van der Waals surface area contributed by atoms with E-state index in [4.69, 9.17) is 0 Å². The molecule has 0 spiro atoms. The molecule has 0 aromatic carbocycles. The summed E-state index contributed by atoms with van der Waals surface area (Å²) in [6.45, 7) is 6.28. The first kappa shape index (κ1) is 18.3. The van der Waals surface area contributed by atoms with Gasteiger partial charge in [0.2, 0.25) is 5.91 Å². The lowest BCUT2D eigenvalue weighted by Crippen LogP contribution is -2.54. The van der Waals surface area contributed by atoms with Gasteiger partial charge in [0.05, 0.1) is 5.92 Å². The van der Waals surface area contributed by atoms with Crippen molar-refractivity contribution in [3.05, 3.63) is 0 Å². The lowest BCUT2D eigenvalue weighted by atomic mass is 9.86. The monoisotopic (exact) mass is 313 g/mol. The number of carboxylic acid groups (broad SMARTS) is 1. The van der Waals surface area contributed by atoms with Crippen molar-refractivity contribution in [2.24, 2.45) is 11.3 Å². The van der Waals surface area contributed by atoms with E-state index in [2.05, 4.69) is 5.32 Å². The Morgan fingerprint density at radius 1 is 1.27 bits per heavy atom. The van der Waals surface area contributed by atoms with Crippen LogP contribution in [-0.2, 0) is 9.59 Å². The summed E-state index contributed by atoms with van der Waals surface area (Å²) in [6.07, 6.45) is 1.41. The van der Waals surface area contributed by atoms with Crippen molar-refractivity contribution in [1.29, 1.82) is 0 Å². The van der Waals surface area contributed by atoms with E-state index in [0.717, 1.165) is 6.42 Å². The molecule has 22 heavy (non-hydrogen) atoms. The maximum absolute atomic E-state index is 12.4. The SMILES string of the molecule is CN(C)C(=O)N1CCC[C@H](C(=O)N[C@@H](C(=O)O)C(C)(C)C)C1. The van der Waals surface area contributed by atoms with Crippen LogP contribution in [0.15, 0.2) is 0 Å². The van der Waals surface area contributed by atoms with Crippen LogP contribution in [0.2, 0.25) is 0 Å². The van der Waals surface area contributed by atoms with Crippen molar-refractivity contribution in [3.8, 4) is 0 Å². The van der Waals surface area contributed by atoms with Crippen molar-refractivity contribution in [2.75, 3.05) is 27.2 Å². The molecule has 1 fully saturated rings. The van der Waals surface area contributed by atoms with Crippen molar-refractivity contribution < 1.29 is 19.5 Å². The molecule has 0 bridgehead atoms. The Balaban J connectivity index is 2.72. The van der Waals surface area contributed by atoms with Crippen LogP contribution in [0.5, 0.6) is 0 Å². The molecule has 2 atom stereocenters. The molecule has 0 aromatic rings. The summed E-state index contributed by atoms with van der Waals surface area (Å²) >= 11 is 0. The first-order valence-electron chi connectivity index (χ1n) is 7.53. The second kappa shape index (κ2) is 6.98. The normalized spacial score (nSPS) is 20.2. The minimum atomic E-state index is -1.04. The highest BCUT2D eigenvalue weighted by Gasteiger charge is 2.36. The zero-order valence-electron chi connectivity index (χ0n) is 14.0. The molecule has 0 radical (unpaired) electrons. The van der Waals surface area contributed by atoms with Crippen LogP contribution in [0.25, 0.3) is 0 Å². The maximum atomic E-state index is 12.4. The first-order valence-corrected chi connectivity index (χ1v) is 7.53. The van der Waals surface area contributed by atoms with E-state index >= 15 is 0 Å². The van der Waals surface area contributed by atoms with Gasteiger partial charge in [-0.05, 0) is 18.3 Å². The number of nitrogens with one attached hydrogen (secondary N) is 1. The summed E-state index contributed by atoms with van der Waals surface area (Å²) < 4.78 is 0. The van der Waals surface area contributed by atoms with Gasteiger partial charge in [0.15, 0.2) is 0 Å². The second-order valence-electron chi connectivity index (χ2n) is 7.11. The fourth-order valence-electron chi connectivity index (χ4n) is 2.56. The van der Waals surface area contributed by atoms with Gasteiger partial charge < -0.3 is 20.2 Å². The lowest BCUT2D eigenvalue weighted by molar-refractivity contribution is -0.145. The van der Waals surface area contributed by atoms with Crippen LogP contribution in [-0.4, -0.2) is 66.0 Å². The molecule has 126 valence electrons. The summed E-state index contributed by atoms with van der Waals surface area (Å²) in [4.78, 5) is 38.8. The fourth-order valence-corrected chi connectivity index (χ4v) is 2.56. The topological polar surface area (TPSA) is 90.0 Å². The summed E-state index contributed by atoms with van der Waals surface area (Å²) in [5.41, 5.74) is -0.574. The van der Waals surface area contributed by atoms with Gasteiger partial charge in [0.1, 0.15) is 6.04 Å². The number of rotatable bonds is 3. The van der Waals surface area contributed by atoms with E-state index in [0.29, 0.717) is 19.5 Å². The minimum Gasteiger partial charge on any atom is -0.480 e.